The molecule has 0 fully saturated rings. The van der Waals surface area contributed by atoms with Gasteiger partial charge in [-0.2, -0.15) is 0 Å². The molecular weight excluding hydrogens is 713 g/mol. The van der Waals surface area contributed by atoms with Crippen molar-refractivity contribution in [2.45, 2.75) is 38.4 Å². The molecule has 14 nitrogen and oxygen atoms in total. The van der Waals surface area contributed by atoms with Gasteiger partial charge in [-0.15, -0.1) is 0 Å². The second-order valence-corrected chi connectivity index (χ2v) is 13.2. The van der Waals surface area contributed by atoms with Crippen molar-refractivity contribution in [1.29, 1.82) is 0 Å². The van der Waals surface area contributed by atoms with E-state index in [1.807, 2.05) is 67.7 Å². The van der Waals surface area contributed by atoms with Crippen LogP contribution in [0.4, 0.5) is 11.4 Å². The molecule has 0 aliphatic heterocycles. The molecule has 0 aliphatic carbocycles. The van der Waals surface area contributed by atoms with Gasteiger partial charge in [0, 0.05) is 47.4 Å². The van der Waals surface area contributed by atoms with Gasteiger partial charge in [-0.25, -0.2) is 0 Å². The van der Waals surface area contributed by atoms with E-state index in [4.69, 9.17) is 20.9 Å². The van der Waals surface area contributed by atoms with Gasteiger partial charge in [0.25, 0.3) is 11.8 Å². The first kappa shape index (κ1) is 39.4. The number of hydrogen-bond donors (Lipinski definition) is 8. The van der Waals surface area contributed by atoms with Crippen molar-refractivity contribution in [2.75, 3.05) is 37.9 Å². The molecule has 6 aromatic rings. The van der Waals surface area contributed by atoms with Crippen LogP contribution < -0.4 is 42.2 Å². The van der Waals surface area contributed by atoms with Gasteiger partial charge >= 0.3 is 0 Å². The van der Waals surface area contributed by atoms with Crippen LogP contribution in [-0.4, -0.2) is 65.5 Å². The number of rotatable bonds is 17. The number of aliphatic hydroxyl groups is 2. The Labute approximate surface area is 324 Å². The molecule has 6 rings (SSSR count). The Hall–Kier alpha value is -6.32. The molecule has 4 aromatic carbocycles. The molecule has 0 saturated heterocycles. The third-order valence-corrected chi connectivity index (χ3v) is 9.51. The topological polar surface area (TPSA) is 219 Å². The van der Waals surface area contributed by atoms with Gasteiger partial charge in [-0.05, 0) is 61.5 Å². The first-order chi connectivity index (χ1) is 27.2. The van der Waals surface area contributed by atoms with Crippen molar-refractivity contribution in [3.05, 3.63) is 131 Å². The number of para-hydroxylation sites is 2. The Morgan fingerprint density at radius 2 is 1.36 bits per heavy atom. The minimum atomic E-state index is -0.714. The molecule has 0 radical (unpaired) electrons. The number of nitrogens with zero attached hydrogens (tertiary/aromatic N) is 2. The molecule has 14 heteroatoms. The smallest absolute Gasteiger partial charge is 0.256 e. The molecule has 0 saturated carbocycles. The van der Waals surface area contributed by atoms with Gasteiger partial charge in [-0.1, -0.05) is 48.5 Å². The fraction of sp³-hybridized carbons (Fsp3) is 0.238. The number of carbonyl (C=O) groups excluding carboxylic acids is 2. The third kappa shape index (κ3) is 8.48. The van der Waals surface area contributed by atoms with Gasteiger partial charge < -0.3 is 52.4 Å². The summed E-state index contributed by atoms with van der Waals surface area (Å²) in [4.78, 5) is 34.8. The number of benzene rings is 4. The quantitative estimate of drug-likeness (QED) is 0.0603. The van der Waals surface area contributed by atoms with Gasteiger partial charge in [0.05, 0.1) is 65.9 Å². The molecule has 2 heterocycles. The summed E-state index contributed by atoms with van der Waals surface area (Å²) >= 11 is 0. The normalized spacial score (nSPS) is 12.8. The Kier molecular flexibility index (Phi) is 12.6. The van der Waals surface area contributed by atoms with Crippen LogP contribution in [0.3, 0.4) is 0 Å². The highest BCUT2D eigenvalue weighted by molar-refractivity contribution is 6.09. The second kappa shape index (κ2) is 17.9. The third-order valence-electron chi connectivity index (χ3n) is 9.51. The predicted octanol–water partition coefficient (Wildman–Crippen LogP) is 4.51. The lowest BCUT2D eigenvalue weighted by molar-refractivity contribution is 0.0852. The van der Waals surface area contributed by atoms with Crippen LogP contribution in [0.1, 0.15) is 62.0 Å². The summed E-state index contributed by atoms with van der Waals surface area (Å²) in [6.45, 7) is 1.99. The first-order valence-corrected chi connectivity index (χ1v) is 18.1. The highest BCUT2D eigenvalue weighted by Crippen LogP contribution is 2.34. The minimum Gasteiger partial charge on any atom is -0.497 e. The summed E-state index contributed by atoms with van der Waals surface area (Å²) in [5, 5.41) is 34.8. The molecule has 3 atom stereocenters. The first-order valence-electron chi connectivity index (χ1n) is 18.1. The average Bonchev–Trinajstić information content (AvgIpc) is 3.22. The number of pyridine rings is 2. The summed E-state index contributed by atoms with van der Waals surface area (Å²) in [5.74, 6) is 0.246. The number of methoxy groups -OCH3 is 1. The van der Waals surface area contributed by atoms with Gasteiger partial charge in [0.2, 0.25) is 0 Å². The zero-order chi connectivity index (χ0) is 39.8. The van der Waals surface area contributed by atoms with Crippen molar-refractivity contribution in [3.63, 3.8) is 0 Å². The average molecular weight is 759 g/mol. The number of nitrogens with two attached hydrogens (primary N) is 2. The van der Waals surface area contributed by atoms with Gasteiger partial charge in [0.1, 0.15) is 11.5 Å². The summed E-state index contributed by atoms with van der Waals surface area (Å²) in [7, 11) is 3.44. The number of likely N-dealkylation sites (N-methyl/N-ethyl adjacent to an activating group) is 1. The van der Waals surface area contributed by atoms with Crippen LogP contribution in [0.15, 0.2) is 97.3 Å². The predicted molar refractivity (Wildman–Crippen MR) is 217 cm³/mol. The van der Waals surface area contributed by atoms with Crippen LogP contribution in [0, 0.1) is 0 Å². The molecule has 56 heavy (non-hydrogen) atoms. The molecule has 3 unspecified atom stereocenters. The summed E-state index contributed by atoms with van der Waals surface area (Å²) in [6, 6.07) is 25.0. The van der Waals surface area contributed by atoms with E-state index in [2.05, 4.69) is 31.2 Å². The molecule has 290 valence electrons. The zero-order valence-electron chi connectivity index (χ0n) is 31.4. The van der Waals surface area contributed by atoms with Crippen LogP contribution in [-0.2, 0) is 13.2 Å². The number of fused-ring (bicyclic) bond motifs is 2. The highest BCUT2D eigenvalue weighted by atomic mass is 16.5. The van der Waals surface area contributed by atoms with Crippen LogP contribution >= 0.6 is 0 Å². The van der Waals surface area contributed by atoms with Crippen molar-refractivity contribution >= 4 is 45.0 Å². The monoisotopic (exact) mass is 758 g/mol. The van der Waals surface area contributed by atoms with E-state index in [1.165, 1.54) is 6.20 Å². The Morgan fingerprint density at radius 3 is 1.93 bits per heavy atom. The standard InChI is InChI=1S/C42H46N8O6/c1-24(48-42(54)34-12-6-10-32-37(27(22-51)20-47-40(32)34)49-35(18-43)26-7-4-8-30(17-26)55-3)56-29-15-13-25(14-16-29)36(21-45-2)50-38-28(23-52)19-46-39-31(38)9-5-11-33(39)41(44)53/h4-17,19-20,24,35-36,45,51-52H,18,21-23,43H2,1-3H3,(H2,44,53)(H,46,50)(H,47,49)(H,48,54). The van der Waals surface area contributed by atoms with E-state index in [9.17, 15) is 19.8 Å². The van der Waals surface area contributed by atoms with Crippen molar-refractivity contribution in [3.8, 4) is 11.5 Å². The molecule has 0 bridgehead atoms. The highest BCUT2D eigenvalue weighted by Gasteiger charge is 2.21. The minimum absolute atomic E-state index is 0.250. The number of primary amides is 1. The Morgan fingerprint density at radius 1 is 0.768 bits per heavy atom. The molecular formula is C42H46N8O6. The molecule has 0 spiro atoms. The lowest BCUT2D eigenvalue weighted by Crippen LogP contribution is -2.36. The van der Waals surface area contributed by atoms with E-state index in [0.717, 1.165) is 11.1 Å². The van der Waals surface area contributed by atoms with E-state index >= 15 is 0 Å². The lowest BCUT2D eigenvalue weighted by atomic mass is 10.0. The van der Waals surface area contributed by atoms with Crippen LogP contribution in [0.5, 0.6) is 11.5 Å². The maximum atomic E-state index is 13.7. The van der Waals surface area contributed by atoms with Crippen molar-refractivity contribution in [1.82, 2.24) is 20.6 Å². The number of hydrogen-bond acceptors (Lipinski definition) is 12. The number of anilines is 2. The molecule has 10 N–H and O–H groups in total. The number of aromatic nitrogens is 2. The fourth-order valence-electron chi connectivity index (χ4n) is 6.71. The Bertz CT molecular complexity index is 2340. The van der Waals surface area contributed by atoms with Crippen molar-refractivity contribution in [2.24, 2.45) is 11.5 Å². The van der Waals surface area contributed by atoms with Crippen molar-refractivity contribution < 1.29 is 29.3 Å². The molecule has 2 aromatic heterocycles. The number of nitrogens with one attached hydrogen (secondary N) is 4. The maximum absolute atomic E-state index is 13.7. The molecule has 2 amide bonds. The maximum Gasteiger partial charge on any atom is 0.256 e. The fourth-order valence-corrected chi connectivity index (χ4v) is 6.71. The lowest BCUT2D eigenvalue weighted by Gasteiger charge is -2.24. The van der Waals surface area contributed by atoms with E-state index < -0.39 is 12.1 Å². The van der Waals surface area contributed by atoms with E-state index in [0.29, 0.717) is 73.5 Å². The van der Waals surface area contributed by atoms with Crippen LogP contribution in [0.2, 0.25) is 0 Å². The Balaban J connectivity index is 1.18. The van der Waals surface area contributed by atoms with Gasteiger partial charge in [-0.3, -0.25) is 19.6 Å². The number of amides is 2. The second-order valence-electron chi connectivity index (χ2n) is 13.2. The zero-order valence-corrected chi connectivity index (χ0v) is 31.4. The number of aliphatic hydroxyl groups excluding tert-OH is 2. The number of ether oxygens (including phenoxy) is 2. The summed E-state index contributed by atoms with van der Waals surface area (Å²) < 4.78 is 11.5. The van der Waals surface area contributed by atoms with E-state index in [1.54, 1.807) is 44.5 Å². The van der Waals surface area contributed by atoms with E-state index in [-0.39, 0.29) is 37.7 Å². The molecule has 0 aliphatic rings. The number of carbonyl (C=O) groups is 2. The van der Waals surface area contributed by atoms with Gasteiger partial charge in [0.15, 0.2) is 6.23 Å². The summed E-state index contributed by atoms with van der Waals surface area (Å²) in [5.41, 5.74) is 17.5. The SMILES string of the molecule is CNCC(Nc1c(CO)cnc2c(C(N)=O)cccc12)c1ccc(OC(C)NC(=O)c2cccc3c(NC(CN)c4cccc(OC)c4)c(CO)cnc23)cc1. The van der Waals surface area contributed by atoms with Crippen LogP contribution in [0.25, 0.3) is 21.8 Å². The largest absolute Gasteiger partial charge is 0.497 e. The summed E-state index contributed by atoms with van der Waals surface area (Å²) in [6.07, 6.45) is 2.38.